The lowest BCUT2D eigenvalue weighted by Gasteiger charge is -2.32. The van der Waals surface area contributed by atoms with E-state index >= 15 is 0 Å². The summed E-state index contributed by atoms with van der Waals surface area (Å²) < 4.78 is 21.6. The van der Waals surface area contributed by atoms with Gasteiger partial charge in [0.2, 0.25) is 29.5 Å². The Labute approximate surface area is 467 Å². The molecular formula is C56H96N8O15. The van der Waals surface area contributed by atoms with Crippen LogP contribution in [0.15, 0.2) is 12.5 Å². The molecular weight excluding hydrogens is 1020 g/mol. The molecule has 5 amide bonds. The maximum absolute atomic E-state index is 13.0. The zero-order valence-electron chi connectivity index (χ0n) is 47.1. The predicted octanol–water partition coefficient (Wildman–Crippen LogP) is 4.48. The van der Waals surface area contributed by atoms with Crippen LogP contribution < -0.4 is 27.0 Å². The Morgan fingerprint density at radius 2 is 1.18 bits per heavy atom. The largest absolute Gasteiger partial charge is 0.481 e. The number of hydrogen-bond acceptors (Lipinski definition) is 15. The van der Waals surface area contributed by atoms with E-state index in [1.54, 1.807) is 17.4 Å². The van der Waals surface area contributed by atoms with Crippen LogP contribution in [0.4, 0.5) is 0 Å². The minimum atomic E-state index is -1.40. The Bertz CT molecular complexity index is 1870. The minimum absolute atomic E-state index is 0.0388. The highest BCUT2D eigenvalue weighted by Gasteiger charge is 2.31. The zero-order valence-corrected chi connectivity index (χ0v) is 47.1. The van der Waals surface area contributed by atoms with Gasteiger partial charge in [-0.25, -0.2) is 9.78 Å². The SMILES string of the molecule is NC(=O)[C@H](CCCCNC(=O)COCCOCCCC(=O)COCCOCCNC(=O)C[C@@H](NC(=O)C1CCN(C(=O)CCCCCCCCCCCCCCCCCCC(=O)O)CC1)C(=O)O)NCC(=O)CCc1cnc[nH]1. The fourth-order valence-electron chi connectivity index (χ4n) is 8.94. The van der Waals surface area contributed by atoms with Crippen LogP contribution in [0.3, 0.4) is 0 Å². The van der Waals surface area contributed by atoms with Crippen LogP contribution in [0, 0.1) is 5.92 Å². The molecule has 0 saturated carbocycles. The average molecular weight is 1120 g/mol. The molecule has 2 rings (SSSR count). The maximum Gasteiger partial charge on any atom is 0.326 e. The number of likely N-dealkylation sites (tertiary alicyclic amines) is 1. The van der Waals surface area contributed by atoms with Crippen molar-refractivity contribution in [2.45, 2.75) is 192 Å². The summed E-state index contributed by atoms with van der Waals surface area (Å²) in [5, 5.41) is 29.2. The Morgan fingerprint density at radius 1 is 0.608 bits per heavy atom. The molecule has 0 aromatic carbocycles. The van der Waals surface area contributed by atoms with Gasteiger partial charge in [-0.15, -0.1) is 0 Å². The first-order valence-electron chi connectivity index (χ1n) is 29.2. The number of primary amides is 1. The number of ether oxygens (including phenoxy) is 4. The lowest BCUT2D eigenvalue weighted by Crippen LogP contribution is -2.49. The number of nitrogens with zero attached hydrogens (tertiary/aromatic N) is 2. The number of nitrogens with one attached hydrogen (secondary N) is 5. The summed E-state index contributed by atoms with van der Waals surface area (Å²) in [4.78, 5) is 118. The van der Waals surface area contributed by atoms with Gasteiger partial charge in [-0.05, 0) is 57.8 Å². The van der Waals surface area contributed by atoms with Crippen LogP contribution >= 0.6 is 0 Å². The lowest BCUT2D eigenvalue weighted by molar-refractivity contribution is -0.144. The molecule has 1 aromatic rings. The van der Waals surface area contributed by atoms with Gasteiger partial charge in [0.15, 0.2) is 5.78 Å². The van der Waals surface area contributed by atoms with Crippen LogP contribution in [0.25, 0.3) is 0 Å². The van der Waals surface area contributed by atoms with Gasteiger partial charge in [-0.1, -0.05) is 89.9 Å². The van der Waals surface area contributed by atoms with Crippen LogP contribution in [0.2, 0.25) is 0 Å². The topological polar surface area (TPSA) is 337 Å². The molecule has 0 unspecified atom stereocenters. The lowest BCUT2D eigenvalue weighted by atomic mass is 9.95. The number of imidazole rings is 1. The third-order valence-corrected chi connectivity index (χ3v) is 13.7. The average Bonchev–Trinajstić information content (AvgIpc) is 3.96. The molecule has 0 spiro atoms. The molecule has 0 radical (unpaired) electrons. The summed E-state index contributed by atoms with van der Waals surface area (Å²) in [6, 6.07) is -2.04. The van der Waals surface area contributed by atoms with E-state index in [4.69, 9.17) is 29.8 Å². The third-order valence-electron chi connectivity index (χ3n) is 13.7. The van der Waals surface area contributed by atoms with E-state index in [2.05, 4.69) is 31.2 Å². The predicted molar refractivity (Wildman–Crippen MR) is 295 cm³/mol. The number of carbonyl (C=O) groups excluding carboxylic acids is 7. The number of H-pyrrole nitrogens is 1. The molecule has 1 fully saturated rings. The summed E-state index contributed by atoms with van der Waals surface area (Å²) in [5.41, 5.74) is 6.34. The number of aryl methyl sites for hydroxylation is 1. The number of unbranched alkanes of at least 4 members (excludes halogenated alkanes) is 16. The van der Waals surface area contributed by atoms with Gasteiger partial charge in [0.05, 0.1) is 58.4 Å². The first kappa shape index (κ1) is 69.7. The Hall–Kier alpha value is -5.36. The van der Waals surface area contributed by atoms with Gasteiger partial charge in [0.1, 0.15) is 25.0 Å². The van der Waals surface area contributed by atoms with Crippen LogP contribution in [-0.2, 0) is 68.5 Å². The Kier molecular flexibility index (Phi) is 41.0. The number of nitrogens with two attached hydrogens (primary N) is 1. The second-order valence-electron chi connectivity index (χ2n) is 20.4. The second-order valence-corrected chi connectivity index (χ2v) is 20.4. The number of aromatic nitrogens is 2. The van der Waals surface area contributed by atoms with E-state index < -0.39 is 54.1 Å². The molecule has 23 heteroatoms. The standard InChI is InChI=1S/C56H96N8O15/c57-54(72)48(61-40-46(65)25-24-45-39-58-43-62-45)21-17-18-28-59-51(68)42-79-37-34-76-32-19-20-47(66)41-78-36-35-77-33-29-60-50(67)38-49(56(74)75)63-55(73)44-26-30-64(31-27-44)52(69)22-15-13-11-9-7-5-3-1-2-4-6-8-10-12-14-16-23-53(70)71/h39,43-44,48-49,61H,1-38,40-42H2,(H2,57,72)(H,58,62)(H,59,68)(H,60,67)(H,63,73)(H,70,71)(H,74,75)/t48-,49+/m0/s1. The van der Waals surface area contributed by atoms with Crippen LogP contribution in [0.5, 0.6) is 0 Å². The minimum Gasteiger partial charge on any atom is -0.481 e. The highest BCUT2D eigenvalue weighted by atomic mass is 16.5. The molecule has 0 bridgehead atoms. The quantitative estimate of drug-likeness (QED) is 0.0417. The normalized spacial score (nSPS) is 13.4. The summed E-state index contributed by atoms with van der Waals surface area (Å²) in [7, 11) is 0. The van der Waals surface area contributed by atoms with E-state index in [0.29, 0.717) is 84.0 Å². The van der Waals surface area contributed by atoms with E-state index in [1.807, 2.05) is 0 Å². The van der Waals surface area contributed by atoms with Crippen molar-refractivity contribution in [3.63, 3.8) is 0 Å². The smallest absolute Gasteiger partial charge is 0.326 e. The summed E-state index contributed by atoms with van der Waals surface area (Å²) >= 11 is 0. The maximum atomic E-state index is 13.0. The highest BCUT2D eigenvalue weighted by molar-refractivity contribution is 5.89. The monoisotopic (exact) mass is 1120 g/mol. The van der Waals surface area contributed by atoms with E-state index in [-0.39, 0.29) is 95.6 Å². The fourth-order valence-corrected chi connectivity index (χ4v) is 8.94. The van der Waals surface area contributed by atoms with Crippen molar-refractivity contribution in [1.29, 1.82) is 0 Å². The van der Waals surface area contributed by atoms with E-state index in [1.165, 1.54) is 64.2 Å². The van der Waals surface area contributed by atoms with E-state index in [0.717, 1.165) is 44.2 Å². The number of aromatic amines is 1. The Balaban J connectivity index is 1.37. The molecule has 450 valence electrons. The summed E-state index contributed by atoms with van der Waals surface area (Å²) in [6.45, 7) is 2.38. The number of aliphatic carboxylic acids is 2. The number of Topliss-reactive ketones (excluding diaryl/α,β-unsaturated/α-hetero) is 2. The molecule has 1 aliphatic rings. The number of carbonyl (C=O) groups is 9. The summed E-state index contributed by atoms with van der Waals surface area (Å²) in [6.07, 6.45) is 26.0. The number of carboxylic acids is 2. The van der Waals surface area contributed by atoms with Crippen molar-refractivity contribution in [3.05, 3.63) is 18.2 Å². The molecule has 1 aliphatic heterocycles. The van der Waals surface area contributed by atoms with Crippen molar-refractivity contribution in [2.75, 3.05) is 85.6 Å². The first-order valence-corrected chi connectivity index (χ1v) is 29.2. The van der Waals surface area contributed by atoms with Gasteiger partial charge < -0.3 is 60.7 Å². The van der Waals surface area contributed by atoms with E-state index in [9.17, 15) is 48.3 Å². The molecule has 79 heavy (non-hydrogen) atoms. The number of hydrogen-bond donors (Lipinski definition) is 8. The van der Waals surface area contributed by atoms with Crippen molar-refractivity contribution < 1.29 is 72.3 Å². The number of ketones is 2. The molecule has 1 saturated heterocycles. The van der Waals surface area contributed by atoms with Gasteiger partial charge in [-0.3, -0.25) is 43.7 Å². The molecule has 2 heterocycles. The van der Waals surface area contributed by atoms with Gasteiger partial charge in [-0.2, -0.15) is 0 Å². The highest BCUT2D eigenvalue weighted by Crippen LogP contribution is 2.20. The van der Waals surface area contributed by atoms with Crippen molar-refractivity contribution >= 4 is 53.0 Å². The number of amides is 5. The molecule has 9 N–H and O–H groups in total. The molecule has 23 nitrogen and oxygen atoms in total. The molecule has 1 aromatic heterocycles. The van der Waals surface area contributed by atoms with Gasteiger partial charge in [0, 0.05) is 76.3 Å². The Morgan fingerprint density at radius 3 is 1.76 bits per heavy atom. The number of piperidine rings is 1. The van der Waals surface area contributed by atoms with Crippen molar-refractivity contribution in [1.82, 2.24) is 36.1 Å². The van der Waals surface area contributed by atoms with Crippen molar-refractivity contribution in [3.8, 4) is 0 Å². The van der Waals surface area contributed by atoms with Crippen molar-refractivity contribution in [2.24, 2.45) is 11.7 Å². The van der Waals surface area contributed by atoms with Crippen LogP contribution in [0.1, 0.15) is 179 Å². The zero-order chi connectivity index (χ0) is 57.6. The molecule has 0 aliphatic carbocycles. The van der Waals surface area contributed by atoms with Crippen LogP contribution in [-0.4, -0.2) is 176 Å². The second kappa shape index (κ2) is 46.4. The number of rotatable bonds is 53. The van der Waals surface area contributed by atoms with Gasteiger partial charge >= 0.3 is 11.9 Å². The number of carboxylic acid groups (broad SMARTS) is 2. The van der Waals surface area contributed by atoms with Gasteiger partial charge in [0.25, 0.3) is 0 Å². The molecule has 2 atom stereocenters. The fraction of sp³-hybridized carbons (Fsp3) is 0.786. The first-order chi connectivity index (χ1) is 38.2. The third kappa shape index (κ3) is 38.8. The summed E-state index contributed by atoms with van der Waals surface area (Å²) in [5.74, 6) is -4.37.